The third-order valence-corrected chi connectivity index (χ3v) is 4.61. The Hall–Kier alpha value is -1.85. The number of benzene rings is 2. The maximum Gasteiger partial charge on any atom is 0.407 e. The molecule has 0 radical (unpaired) electrons. The molecule has 126 valence electrons. The van der Waals surface area contributed by atoms with Crippen molar-refractivity contribution in [3.63, 3.8) is 0 Å². The Morgan fingerprint density at radius 1 is 1.17 bits per heavy atom. The molecule has 4 nitrogen and oxygen atoms in total. The highest BCUT2D eigenvalue weighted by molar-refractivity contribution is 9.10. The highest BCUT2D eigenvalue weighted by Crippen LogP contribution is 2.25. The van der Waals surface area contributed by atoms with Crippen molar-refractivity contribution in [3.05, 3.63) is 70.2 Å². The maximum absolute atomic E-state index is 12.2. The molecular weight excluding hydrogens is 370 g/mol. The molecule has 1 heterocycles. The van der Waals surface area contributed by atoms with Crippen LogP contribution in [-0.4, -0.2) is 24.8 Å². The monoisotopic (exact) mass is 389 g/mol. The first kappa shape index (κ1) is 17.0. The van der Waals surface area contributed by atoms with Gasteiger partial charge in [0.15, 0.2) is 0 Å². The summed E-state index contributed by atoms with van der Waals surface area (Å²) in [5, 5.41) is 3.03. The van der Waals surface area contributed by atoms with Gasteiger partial charge in [-0.15, -0.1) is 0 Å². The first-order chi connectivity index (χ1) is 11.7. The summed E-state index contributed by atoms with van der Waals surface area (Å²) in [6.45, 7) is 1.41. The van der Waals surface area contributed by atoms with Gasteiger partial charge in [0.05, 0.1) is 12.1 Å². The normalized spacial score (nSPS) is 19.9. The Kier molecular flexibility index (Phi) is 5.53. The lowest BCUT2D eigenvalue weighted by Crippen LogP contribution is -2.51. The number of ether oxygens (including phenoxy) is 2. The molecule has 5 heteroatoms. The summed E-state index contributed by atoms with van der Waals surface area (Å²) < 4.78 is 11.9. The molecule has 1 amide bonds. The standard InChI is InChI=1S/C19H20BrNO3/c20-17-8-4-7-16(11-17)12-19(9-10-23-14-19)21-18(22)24-13-15-5-2-1-3-6-15/h1-8,11H,9-10,12-14H2,(H,21,22). The molecule has 24 heavy (non-hydrogen) atoms. The van der Waals surface area contributed by atoms with Crippen molar-refractivity contribution >= 4 is 22.0 Å². The van der Waals surface area contributed by atoms with Gasteiger partial charge in [-0.2, -0.15) is 0 Å². The van der Waals surface area contributed by atoms with Crippen molar-refractivity contribution in [1.29, 1.82) is 0 Å². The number of nitrogens with one attached hydrogen (secondary N) is 1. The van der Waals surface area contributed by atoms with Crippen molar-refractivity contribution in [3.8, 4) is 0 Å². The average molecular weight is 390 g/mol. The average Bonchev–Trinajstić information content (AvgIpc) is 3.02. The van der Waals surface area contributed by atoms with Crippen molar-refractivity contribution in [2.45, 2.75) is 25.0 Å². The summed E-state index contributed by atoms with van der Waals surface area (Å²) in [6.07, 6.45) is 1.09. The topological polar surface area (TPSA) is 47.6 Å². The van der Waals surface area contributed by atoms with Gasteiger partial charge in [0.25, 0.3) is 0 Å². The molecule has 0 spiro atoms. The SMILES string of the molecule is O=C(NC1(Cc2cccc(Br)c2)CCOC1)OCc1ccccc1. The Morgan fingerprint density at radius 3 is 2.67 bits per heavy atom. The van der Waals surface area contributed by atoms with Gasteiger partial charge in [-0.3, -0.25) is 0 Å². The number of alkyl carbamates (subject to hydrolysis) is 1. The first-order valence-corrected chi connectivity index (χ1v) is 8.76. The molecule has 1 aliphatic rings. The van der Waals surface area contributed by atoms with Gasteiger partial charge in [-0.25, -0.2) is 4.79 Å². The molecule has 1 unspecified atom stereocenters. The van der Waals surface area contributed by atoms with Gasteiger partial charge in [0.1, 0.15) is 6.61 Å². The number of rotatable bonds is 5. The van der Waals surface area contributed by atoms with Crippen LogP contribution in [0.5, 0.6) is 0 Å². The number of carbonyl (C=O) groups excluding carboxylic acids is 1. The van der Waals surface area contributed by atoms with Gasteiger partial charge in [0, 0.05) is 11.1 Å². The lowest BCUT2D eigenvalue weighted by molar-refractivity contribution is 0.117. The Morgan fingerprint density at radius 2 is 1.96 bits per heavy atom. The van der Waals surface area contributed by atoms with E-state index in [-0.39, 0.29) is 6.61 Å². The molecule has 1 aliphatic heterocycles. The molecule has 3 rings (SSSR count). The van der Waals surface area contributed by atoms with E-state index >= 15 is 0 Å². The molecule has 2 aromatic rings. The fourth-order valence-electron chi connectivity index (χ4n) is 2.90. The van der Waals surface area contributed by atoms with Crippen molar-refractivity contribution in [2.24, 2.45) is 0 Å². The molecule has 0 aromatic heterocycles. The van der Waals surface area contributed by atoms with Crippen molar-refractivity contribution in [1.82, 2.24) is 5.32 Å². The minimum absolute atomic E-state index is 0.264. The largest absolute Gasteiger partial charge is 0.445 e. The van der Waals surface area contributed by atoms with E-state index in [2.05, 4.69) is 33.4 Å². The zero-order valence-corrected chi connectivity index (χ0v) is 14.9. The van der Waals surface area contributed by atoms with E-state index in [9.17, 15) is 4.79 Å². The summed E-state index contributed by atoms with van der Waals surface area (Å²) >= 11 is 3.49. The number of hydrogen-bond donors (Lipinski definition) is 1. The summed E-state index contributed by atoms with van der Waals surface area (Å²) in [5.74, 6) is 0. The zero-order chi connectivity index (χ0) is 16.8. The Balaban J connectivity index is 1.61. The highest BCUT2D eigenvalue weighted by atomic mass is 79.9. The highest BCUT2D eigenvalue weighted by Gasteiger charge is 2.37. The van der Waals surface area contributed by atoms with Crippen LogP contribution in [0.1, 0.15) is 17.5 Å². The lowest BCUT2D eigenvalue weighted by Gasteiger charge is -2.28. The fraction of sp³-hybridized carbons (Fsp3) is 0.316. The number of hydrogen-bond acceptors (Lipinski definition) is 3. The minimum atomic E-state index is -0.408. The van der Waals surface area contributed by atoms with Gasteiger partial charge >= 0.3 is 6.09 Å². The molecule has 1 N–H and O–H groups in total. The van der Waals surface area contributed by atoms with Crippen molar-refractivity contribution < 1.29 is 14.3 Å². The Labute approximate surface area is 150 Å². The summed E-state index contributed by atoms with van der Waals surface area (Å²) in [7, 11) is 0. The molecule has 1 atom stereocenters. The van der Waals surface area contributed by atoms with E-state index in [0.717, 1.165) is 22.0 Å². The van der Waals surface area contributed by atoms with Gasteiger partial charge in [-0.05, 0) is 36.1 Å². The van der Waals surface area contributed by atoms with E-state index in [1.165, 1.54) is 0 Å². The van der Waals surface area contributed by atoms with Crippen LogP contribution < -0.4 is 5.32 Å². The van der Waals surface area contributed by atoms with E-state index in [0.29, 0.717) is 19.6 Å². The molecule has 0 bridgehead atoms. The number of amides is 1. The second-order valence-corrected chi connectivity index (χ2v) is 6.99. The van der Waals surface area contributed by atoms with Crippen molar-refractivity contribution in [2.75, 3.05) is 13.2 Å². The van der Waals surface area contributed by atoms with Crippen LogP contribution in [-0.2, 0) is 22.5 Å². The molecule has 0 saturated carbocycles. The van der Waals surface area contributed by atoms with Crippen LogP contribution in [0.2, 0.25) is 0 Å². The number of carbonyl (C=O) groups is 1. The summed E-state index contributed by atoms with van der Waals surface area (Å²) in [6, 6.07) is 17.8. The van der Waals surface area contributed by atoms with Gasteiger partial charge in [-0.1, -0.05) is 58.4 Å². The van der Waals surface area contributed by atoms with Crippen LogP contribution in [0.3, 0.4) is 0 Å². The van der Waals surface area contributed by atoms with Gasteiger partial charge in [0.2, 0.25) is 0 Å². The van der Waals surface area contributed by atoms with Crippen LogP contribution in [0.4, 0.5) is 4.79 Å². The molecule has 0 aliphatic carbocycles. The summed E-state index contributed by atoms with van der Waals surface area (Å²) in [5.41, 5.74) is 1.71. The van der Waals surface area contributed by atoms with Crippen LogP contribution >= 0.6 is 15.9 Å². The van der Waals surface area contributed by atoms with E-state index < -0.39 is 11.6 Å². The van der Waals surface area contributed by atoms with E-state index in [1.807, 2.05) is 42.5 Å². The third kappa shape index (κ3) is 4.58. The quantitative estimate of drug-likeness (QED) is 0.837. The predicted octanol–water partition coefficient (Wildman–Crippen LogP) is 4.08. The van der Waals surface area contributed by atoms with E-state index in [1.54, 1.807) is 0 Å². The van der Waals surface area contributed by atoms with Crippen LogP contribution in [0, 0.1) is 0 Å². The minimum Gasteiger partial charge on any atom is -0.445 e. The predicted molar refractivity (Wildman–Crippen MR) is 95.8 cm³/mol. The smallest absolute Gasteiger partial charge is 0.407 e. The molecular formula is C19H20BrNO3. The van der Waals surface area contributed by atoms with Gasteiger partial charge < -0.3 is 14.8 Å². The molecule has 2 aromatic carbocycles. The maximum atomic E-state index is 12.2. The second kappa shape index (κ2) is 7.81. The van der Waals surface area contributed by atoms with Crippen LogP contribution in [0.25, 0.3) is 0 Å². The van der Waals surface area contributed by atoms with Crippen LogP contribution in [0.15, 0.2) is 59.1 Å². The fourth-order valence-corrected chi connectivity index (χ4v) is 3.35. The zero-order valence-electron chi connectivity index (χ0n) is 13.3. The third-order valence-electron chi connectivity index (χ3n) is 4.11. The first-order valence-electron chi connectivity index (χ1n) is 7.96. The molecule has 1 saturated heterocycles. The Bertz CT molecular complexity index is 684. The van der Waals surface area contributed by atoms with E-state index in [4.69, 9.17) is 9.47 Å². The second-order valence-electron chi connectivity index (χ2n) is 6.08. The number of halogens is 1. The lowest BCUT2D eigenvalue weighted by atomic mass is 9.90. The molecule has 1 fully saturated rings. The summed E-state index contributed by atoms with van der Waals surface area (Å²) in [4.78, 5) is 12.2.